The van der Waals surface area contributed by atoms with Gasteiger partial charge in [-0.25, -0.2) is 4.39 Å². The number of nitrogens with zero attached hydrogens (tertiary/aromatic N) is 2. The molecule has 0 amide bonds. The van der Waals surface area contributed by atoms with E-state index in [2.05, 4.69) is 5.10 Å². The summed E-state index contributed by atoms with van der Waals surface area (Å²) in [6.45, 7) is 2.49. The van der Waals surface area contributed by atoms with Crippen molar-refractivity contribution in [2.24, 2.45) is 0 Å². The van der Waals surface area contributed by atoms with Crippen molar-refractivity contribution in [1.82, 2.24) is 9.78 Å². The minimum Gasteiger partial charge on any atom is -0.287 e. The molecule has 0 saturated carbocycles. The summed E-state index contributed by atoms with van der Waals surface area (Å²) in [7, 11) is 0. The van der Waals surface area contributed by atoms with Crippen LogP contribution in [0.2, 0.25) is 5.02 Å². The van der Waals surface area contributed by atoms with Crippen LogP contribution in [0.1, 0.15) is 23.0 Å². The van der Waals surface area contributed by atoms with E-state index in [0.29, 0.717) is 17.8 Å². The number of aryl methyl sites for hydroxylation is 1. The highest BCUT2D eigenvalue weighted by Crippen LogP contribution is 2.18. The molecule has 88 valence electrons. The largest absolute Gasteiger partial charge is 0.287 e. The van der Waals surface area contributed by atoms with Crippen molar-refractivity contribution in [3.63, 3.8) is 0 Å². The second kappa shape index (κ2) is 4.67. The first-order valence-corrected chi connectivity index (χ1v) is 5.53. The van der Waals surface area contributed by atoms with Crippen LogP contribution >= 0.6 is 11.6 Å². The number of rotatable bonds is 3. The average molecular weight is 253 g/mol. The van der Waals surface area contributed by atoms with Gasteiger partial charge in [-0.05, 0) is 31.2 Å². The molecule has 0 fully saturated rings. The molecule has 17 heavy (non-hydrogen) atoms. The van der Waals surface area contributed by atoms with E-state index in [1.807, 2.05) is 6.92 Å². The molecule has 2 aromatic rings. The van der Waals surface area contributed by atoms with Gasteiger partial charge in [0.1, 0.15) is 11.5 Å². The molecule has 2 rings (SSSR count). The van der Waals surface area contributed by atoms with E-state index in [1.54, 1.807) is 16.9 Å². The molecule has 0 unspecified atom stereocenters. The summed E-state index contributed by atoms with van der Waals surface area (Å²) < 4.78 is 14.6. The SMILES string of the molecule is CCn1nccc1C(=O)c1ccc(F)c(Cl)c1. The standard InChI is InChI=1S/C12H10ClFN2O/c1-2-16-11(5-6-15-16)12(17)8-3-4-10(14)9(13)7-8/h3-7H,2H2,1H3. The fraction of sp³-hybridized carbons (Fsp3) is 0.167. The Kier molecular flexibility index (Phi) is 3.24. The van der Waals surface area contributed by atoms with Crippen molar-refractivity contribution in [3.8, 4) is 0 Å². The fourth-order valence-corrected chi connectivity index (χ4v) is 1.74. The van der Waals surface area contributed by atoms with E-state index in [4.69, 9.17) is 11.6 Å². The Morgan fingerprint density at radius 3 is 2.88 bits per heavy atom. The van der Waals surface area contributed by atoms with Gasteiger partial charge in [-0.15, -0.1) is 0 Å². The molecule has 1 heterocycles. The van der Waals surface area contributed by atoms with Crippen LogP contribution in [0.3, 0.4) is 0 Å². The zero-order valence-corrected chi connectivity index (χ0v) is 9.91. The topological polar surface area (TPSA) is 34.9 Å². The van der Waals surface area contributed by atoms with E-state index in [1.165, 1.54) is 18.2 Å². The highest BCUT2D eigenvalue weighted by Gasteiger charge is 2.14. The molecule has 1 aromatic carbocycles. The molecule has 0 aliphatic rings. The third kappa shape index (κ3) is 2.22. The van der Waals surface area contributed by atoms with Crippen molar-refractivity contribution < 1.29 is 9.18 Å². The number of halogens is 2. The minimum absolute atomic E-state index is 0.0570. The summed E-state index contributed by atoms with van der Waals surface area (Å²) in [5, 5.41) is 3.95. The molecular weight excluding hydrogens is 243 g/mol. The molecule has 1 aromatic heterocycles. The Balaban J connectivity index is 2.40. The lowest BCUT2D eigenvalue weighted by Crippen LogP contribution is -2.10. The third-order valence-electron chi connectivity index (χ3n) is 2.43. The zero-order valence-electron chi connectivity index (χ0n) is 9.15. The van der Waals surface area contributed by atoms with Gasteiger partial charge in [0.05, 0.1) is 5.02 Å². The fourth-order valence-electron chi connectivity index (χ4n) is 1.56. The van der Waals surface area contributed by atoms with Gasteiger partial charge in [-0.3, -0.25) is 9.48 Å². The molecule has 0 aliphatic carbocycles. The maximum Gasteiger partial charge on any atom is 0.211 e. The number of carbonyl (C=O) groups excluding carboxylic acids is 1. The molecule has 3 nitrogen and oxygen atoms in total. The predicted octanol–water partition coefficient (Wildman–Crippen LogP) is 2.93. The molecule has 5 heteroatoms. The van der Waals surface area contributed by atoms with Gasteiger partial charge in [0, 0.05) is 18.3 Å². The Morgan fingerprint density at radius 2 is 2.24 bits per heavy atom. The van der Waals surface area contributed by atoms with Crippen molar-refractivity contribution in [2.45, 2.75) is 13.5 Å². The van der Waals surface area contributed by atoms with Crippen LogP contribution < -0.4 is 0 Å². The predicted molar refractivity (Wildman–Crippen MR) is 62.7 cm³/mol. The summed E-state index contributed by atoms with van der Waals surface area (Å²) in [4.78, 5) is 12.1. The van der Waals surface area contributed by atoms with Gasteiger partial charge in [-0.2, -0.15) is 5.10 Å². The minimum atomic E-state index is -0.535. The van der Waals surface area contributed by atoms with Crippen molar-refractivity contribution in [2.75, 3.05) is 0 Å². The number of benzene rings is 1. The van der Waals surface area contributed by atoms with E-state index in [0.717, 1.165) is 0 Å². The van der Waals surface area contributed by atoms with Crippen LogP contribution in [0.15, 0.2) is 30.5 Å². The van der Waals surface area contributed by atoms with Crippen molar-refractivity contribution in [1.29, 1.82) is 0 Å². The van der Waals surface area contributed by atoms with Crippen LogP contribution in [-0.2, 0) is 6.54 Å². The highest BCUT2D eigenvalue weighted by atomic mass is 35.5. The van der Waals surface area contributed by atoms with Crippen molar-refractivity contribution >= 4 is 17.4 Å². The Hall–Kier alpha value is -1.68. The first-order valence-electron chi connectivity index (χ1n) is 5.15. The Bertz CT molecular complexity index is 565. The average Bonchev–Trinajstić information content (AvgIpc) is 2.80. The quantitative estimate of drug-likeness (QED) is 0.788. The molecule has 0 aliphatic heterocycles. The van der Waals surface area contributed by atoms with E-state index in [9.17, 15) is 9.18 Å². The van der Waals surface area contributed by atoms with E-state index < -0.39 is 5.82 Å². The van der Waals surface area contributed by atoms with Crippen LogP contribution in [0.25, 0.3) is 0 Å². The smallest absolute Gasteiger partial charge is 0.211 e. The summed E-state index contributed by atoms with van der Waals surface area (Å²) in [6.07, 6.45) is 1.56. The number of aromatic nitrogens is 2. The molecule has 0 N–H and O–H groups in total. The molecule has 0 spiro atoms. The summed E-state index contributed by atoms with van der Waals surface area (Å²) in [6, 6.07) is 5.55. The van der Waals surface area contributed by atoms with Gasteiger partial charge >= 0.3 is 0 Å². The van der Waals surface area contributed by atoms with Gasteiger partial charge in [0.25, 0.3) is 0 Å². The second-order valence-electron chi connectivity index (χ2n) is 3.49. The van der Waals surface area contributed by atoms with Crippen LogP contribution in [-0.4, -0.2) is 15.6 Å². The lowest BCUT2D eigenvalue weighted by Gasteiger charge is -2.04. The number of hydrogen-bond acceptors (Lipinski definition) is 2. The van der Waals surface area contributed by atoms with Gasteiger partial charge in [-0.1, -0.05) is 11.6 Å². The normalized spacial score (nSPS) is 10.5. The second-order valence-corrected chi connectivity index (χ2v) is 3.90. The highest BCUT2D eigenvalue weighted by molar-refractivity contribution is 6.31. The first kappa shape index (κ1) is 11.8. The van der Waals surface area contributed by atoms with Crippen molar-refractivity contribution in [3.05, 3.63) is 52.6 Å². The lowest BCUT2D eigenvalue weighted by atomic mass is 10.1. The maximum atomic E-state index is 13.0. The summed E-state index contributed by atoms with van der Waals surface area (Å²) in [5.41, 5.74) is 0.821. The molecule has 0 bridgehead atoms. The number of carbonyl (C=O) groups is 1. The summed E-state index contributed by atoms with van der Waals surface area (Å²) >= 11 is 5.64. The third-order valence-corrected chi connectivity index (χ3v) is 2.72. The monoisotopic (exact) mass is 252 g/mol. The van der Waals surface area contributed by atoms with Gasteiger partial charge < -0.3 is 0 Å². The lowest BCUT2D eigenvalue weighted by molar-refractivity contribution is 0.102. The molecule has 0 atom stereocenters. The van der Waals surface area contributed by atoms with Crippen LogP contribution in [0.4, 0.5) is 4.39 Å². The molecule has 0 radical (unpaired) electrons. The van der Waals surface area contributed by atoms with Crippen LogP contribution in [0.5, 0.6) is 0 Å². The zero-order chi connectivity index (χ0) is 12.4. The number of hydrogen-bond donors (Lipinski definition) is 0. The summed E-state index contributed by atoms with van der Waals surface area (Å²) in [5.74, 6) is -0.751. The van der Waals surface area contributed by atoms with E-state index >= 15 is 0 Å². The maximum absolute atomic E-state index is 13.0. The van der Waals surface area contributed by atoms with Gasteiger partial charge in [0.15, 0.2) is 0 Å². The molecular formula is C12H10ClFN2O. The van der Waals surface area contributed by atoms with Crippen LogP contribution in [0, 0.1) is 5.82 Å². The van der Waals surface area contributed by atoms with E-state index in [-0.39, 0.29) is 10.8 Å². The number of ketones is 1. The first-order chi connectivity index (χ1) is 8.13. The Labute approximate surface area is 103 Å². The molecule has 0 saturated heterocycles. The Morgan fingerprint density at radius 1 is 1.47 bits per heavy atom. The van der Waals surface area contributed by atoms with Gasteiger partial charge in [0.2, 0.25) is 5.78 Å².